The van der Waals surface area contributed by atoms with Crippen LogP contribution in [0.15, 0.2) is 84.9 Å². The molecule has 0 bridgehead atoms. The van der Waals surface area contributed by atoms with Crippen molar-refractivity contribution in [1.29, 1.82) is 0 Å². The summed E-state index contributed by atoms with van der Waals surface area (Å²) in [6, 6.07) is 28.7. The normalized spacial score (nSPS) is 10.8. The molecule has 0 fully saturated rings. The van der Waals surface area contributed by atoms with Gasteiger partial charge in [0.05, 0.1) is 11.0 Å². The standard InChI is InChI=1S/C26H28N4O/c31-26(27-18-17-22-11-5-2-6-12-22)28-19-20-30-24-14-8-7-13-23(24)29-25(30)16-15-21-9-3-1-4-10-21/h1-14H,15-20H2,(H2,27,28,31). The molecule has 1 heterocycles. The molecule has 0 radical (unpaired) electrons. The Bertz CT molecular complexity index is 1110. The topological polar surface area (TPSA) is 59.0 Å². The van der Waals surface area contributed by atoms with E-state index in [-0.39, 0.29) is 6.03 Å². The quantitative estimate of drug-likeness (QED) is 0.429. The van der Waals surface area contributed by atoms with Gasteiger partial charge >= 0.3 is 6.03 Å². The van der Waals surface area contributed by atoms with E-state index in [9.17, 15) is 4.79 Å². The second kappa shape index (κ2) is 10.4. The van der Waals surface area contributed by atoms with Gasteiger partial charge in [0.1, 0.15) is 5.82 Å². The Kier molecular flexibility index (Phi) is 6.96. The molecule has 31 heavy (non-hydrogen) atoms. The monoisotopic (exact) mass is 412 g/mol. The van der Waals surface area contributed by atoms with Crippen molar-refractivity contribution >= 4 is 17.1 Å². The molecule has 2 N–H and O–H groups in total. The van der Waals surface area contributed by atoms with Crippen molar-refractivity contribution in [2.75, 3.05) is 13.1 Å². The van der Waals surface area contributed by atoms with Crippen molar-refractivity contribution in [1.82, 2.24) is 20.2 Å². The molecule has 5 heteroatoms. The summed E-state index contributed by atoms with van der Waals surface area (Å²) in [5, 5.41) is 5.91. The van der Waals surface area contributed by atoms with Gasteiger partial charge in [0.2, 0.25) is 0 Å². The SMILES string of the molecule is O=C(NCCc1ccccc1)NCCn1c(CCc2ccccc2)nc2ccccc21. The van der Waals surface area contributed by atoms with Crippen LogP contribution in [0.3, 0.4) is 0 Å². The molecule has 0 aliphatic carbocycles. The van der Waals surface area contributed by atoms with Gasteiger partial charge in [0, 0.05) is 26.1 Å². The molecule has 1 aromatic heterocycles. The minimum Gasteiger partial charge on any atom is -0.338 e. The third kappa shape index (κ3) is 5.72. The van der Waals surface area contributed by atoms with E-state index in [4.69, 9.17) is 4.98 Å². The second-order valence-electron chi connectivity index (χ2n) is 7.57. The first kappa shape index (κ1) is 20.7. The van der Waals surface area contributed by atoms with Crippen LogP contribution in [-0.4, -0.2) is 28.7 Å². The average molecular weight is 413 g/mol. The van der Waals surface area contributed by atoms with E-state index in [2.05, 4.69) is 57.7 Å². The number of aryl methyl sites for hydroxylation is 2. The van der Waals surface area contributed by atoms with Crippen molar-refractivity contribution < 1.29 is 4.79 Å². The molecule has 5 nitrogen and oxygen atoms in total. The van der Waals surface area contributed by atoms with Gasteiger partial charge in [-0.05, 0) is 36.1 Å². The molecule has 0 saturated carbocycles. The fourth-order valence-corrected chi connectivity index (χ4v) is 3.78. The van der Waals surface area contributed by atoms with E-state index in [1.807, 2.05) is 42.5 Å². The average Bonchev–Trinajstić information content (AvgIpc) is 3.17. The lowest BCUT2D eigenvalue weighted by atomic mass is 10.1. The minimum atomic E-state index is -0.133. The van der Waals surface area contributed by atoms with E-state index in [0.717, 1.165) is 36.1 Å². The number of imidazole rings is 1. The van der Waals surface area contributed by atoms with Gasteiger partial charge in [0.25, 0.3) is 0 Å². The third-order valence-electron chi connectivity index (χ3n) is 5.38. The molecule has 0 atom stereocenters. The number of carbonyl (C=O) groups excluding carboxylic acids is 1. The van der Waals surface area contributed by atoms with Crippen LogP contribution in [0.5, 0.6) is 0 Å². The smallest absolute Gasteiger partial charge is 0.314 e. The van der Waals surface area contributed by atoms with E-state index in [1.54, 1.807) is 0 Å². The van der Waals surface area contributed by atoms with E-state index < -0.39 is 0 Å². The van der Waals surface area contributed by atoms with Gasteiger partial charge in [0.15, 0.2) is 0 Å². The van der Waals surface area contributed by atoms with Gasteiger partial charge < -0.3 is 15.2 Å². The van der Waals surface area contributed by atoms with Crippen LogP contribution < -0.4 is 10.6 Å². The second-order valence-corrected chi connectivity index (χ2v) is 7.57. The summed E-state index contributed by atoms with van der Waals surface area (Å²) in [6.07, 6.45) is 2.63. The molecule has 2 amide bonds. The summed E-state index contributed by atoms with van der Waals surface area (Å²) in [5.74, 6) is 1.05. The van der Waals surface area contributed by atoms with Crippen LogP contribution in [0.4, 0.5) is 4.79 Å². The summed E-state index contributed by atoms with van der Waals surface area (Å²) < 4.78 is 2.22. The van der Waals surface area contributed by atoms with Crippen molar-refractivity contribution in [3.05, 3.63) is 102 Å². The molecule has 0 unspecified atom stereocenters. The highest BCUT2D eigenvalue weighted by Gasteiger charge is 2.11. The van der Waals surface area contributed by atoms with Crippen molar-refractivity contribution in [3.8, 4) is 0 Å². The fraction of sp³-hybridized carbons (Fsp3) is 0.231. The first-order valence-electron chi connectivity index (χ1n) is 10.8. The number of fused-ring (bicyclic) bond motifs is 1. The highest BCUT2D eigenvalue weighted by molar-refractivity contribution is 5.76. The van der Waals surface area contributed by atoms with Crippen molar-refractivity contribution in [3.63, 3.8) is 0 Å². The fourth-order valence-electron chi connectivity index (χ4n) is 3.78. The Morgan fingerprint density at radius 1 is 0.710 bits per heavy atom. The van der Waals surface area contributed by atoms with Crippen LogP contribution in [0.25, 0.3) is 11.0 Å². The lowest BCUT2D eigenvalue weighted by Gasteiger charge is -2.11. The number of urea groups is 1. The number of nitrogens with zero attached hydrogens (tertiary/aromatic N) is 2. The molecule has 0 spiro atoms. The predicted molar refractivity (Wildman–Crippen MR) is 125 cm³/mol. The first-order valence-corrected chi connectivity index (χ1v) is 10.8. The van der Waals surface area contributed by atoms with Crippen LogP contribution in [-0.2, 0) is 25.8 Å². The molecule has 0 aliphatic heterocycles. The summed E-state index contributed by atoms with van der Waals surface area (Å²) in [7, 11) is 0. The summed E-state index contributed by atoms with van der Waals surface area (Å²) in [6.45, 7) is 1.86. The van der Waals surface area contributed by atoms with Crippen molar-refractivity contribution in [2.45, 2.75) is 25.8 Å². The van der Waals surface area contributed by atoms with Gasteiger partial charge in [-0.1, -0.05) is 72.8 Å². The molecule has 4 rings (SSSR count). The van der Waals surface area contributed by atoms with Crippen molar-refractivity contribution in [2.24, 2.45) is 0 Å². The maximum absolute atomic E-state index is 12.2. The van der Waals surface area contributed by atoms with E-state index in [0.29, 0.717) is 19.6 Å². The number of amides is 2. The number of hydrogen-bond acceptors (Lipinski definition) is 2. The highest BCUT2D eigenvalue weighted by atomic mass is 16.2. The number of aromatic nitrogens is 2. The molecule has 4 aromatic rings. The zero-order valence-corrected chi connectivity index (χ0v) is 17.6. The van der Waals surface area contributed by atoms with E-state index in [1.165, 1.54) is 11.1 Å². The Hall–Kier alpha value is -3.60. The number of nitrogens with one attached hydrogen (secondary N) is 2. The molecule has 3 aromatic carbocycles. The Balaban J connectivity index is 1.32. The molecular formula is C26H28N4O. The van der Waals surface area contributed by atoms with Gasteiger partial charge in [-0.3, -0.25) is 0 Å². The van der Waals surface area contributed by atoms with Crippen LogP contribution >= 0.6 is 0 Å². The predicted octanol–water partition coefficient (Wildman–Crippen LogP) is 4.36. The van der Waals surface area contributed by atoms with Crippen LogP contribution in [0, 0.1) is 0 Å². The highest BCUT2D eigenvalue weighted by Crippen LogP contribution is 2.17. The van der Waals surface area contributed by atoms with Crippen LogP contribution in [0.2, 0.25) is 0 Å². The van der Waals surface area contributed by atoms with Gasteiger partial charge in [-0.25, -0.2) is 9.78 Å². The molecule has 0 aliphatic rings. The summed E-state index contributed by atoms with van der Waals surface area (Å²) >= 11 is 0. The number of para-hydroxylation sites is 2. The molecular weight excluding hydrogens is 384 g/mol. The minimum absolute atomic E-state index is 0.133. The Labute approximate surface area is 183 Å². The summed E-state index contributed by atoms with van der Waals surface area (Å²) in [5.41, 5.74) is 4.63. The lowest BCUT2D eigenvalue weighted by molar-refractivity contribution is 0.240. The molecule has 0 saturated heterocycles. The zero-order chi connectivity index (χ0) is 21.3. The number of rotatable bonds is 9. The maximum atomic E-state index is 12.2. The van der Waals surface area contributed by atoms with Crippen LogP contribution in [0.1, 0.15) is 17.0 Å². The number of benzene rings is 3. The maximum Gasteiger partial charge on any atom is 0.314 e. The Morgan fingerprint density at radius 2 is 1.32 bits per heavy atom. The number of hydrogen-bond donors (Lipinski definition) is 2. The lowest BCUT2D eigenvalue weighted by Crippen LogP contribution is -2.38. The first-order chi connectivity index (χ1) is 15.3. The largest absolute Gasteiger partial charge is 0.338 e. The summed E-state index contributed by atoms with van der Waals surface area (Å²) in [4.78, 5) is 17.0. The Morgan fingerprint density at radius 3 is 2.06 bits per heavy atom. The van der Waals surface area contributed by atoms with Gasteiger partial charge in [-0.15, -0.1) is 0 Å². The van der Waals surface area contributed by atoms with Gasteiger partial charge in [-0.2, -0.15) is 0 Å². The zero-order valence-electron chi connectivity index (χ0n) is 17.6. The van der Waals surface area contributed by atoms with E-state index >= 15 is 0 Å². The molecule has 158 valence electrons. The number of carbonyl (C=O) groups is 1. The third-order valence-corrected chi connectivity index (χ3v) is 5.38.